The number of ether oxygens (including phenoxy) is 1. The minimum absolute atomic E-state index is 0.0979. The third-order valence-corrected chi connectivity index (χ3v) is 4.33. The van der Waals surface area contributed by atoms with Crippen molar-refractivity contribution in [3.63, 3.8) is 0 Å². The fraction of sp³-hybridized carbons (Fsp3) is 1.00. The number of likely N-dealkylation sites (tertiary alicyclic amines) is 1. The molecule has 18 heavy (non-hydrogen) atoms. The smallest absolute Gasteiger partial charge is 0.0611 e. The summed E-state index contributed by atoms with van der Waals surface area (Å²) in [7, 11) is 1.81. The van der Waals surface area contributed by atoms with Crippen molar-refractivity contribution in [3.05, 3.63) is 0 Å². The van der Waals surface area contributed by atoms with Gasteiger partial charge in [-0.25, -0.2) is 0 Å². The fourth-order valence-corrected chi connectivity index (χ4v) is 2.69. The van der Waals surface area contributed by atoms with Crippen molar-refractivity contribution < 1.29 is 9.84 Å². The number of methoxy groups -OCH3 is 1. The van der Waals surface area contributed by atoms with Gasteiger partial charge in [-0.15, -0.1) is 0 Å². The topological polar surface area (TPSA) is 44.7 Å². The van der Waals surface area contributed by atoms with Crippen LogP contribution in [0.4, 0.5) is 0 Å². The van der Waals surface area contributed by atoms with E-state index < -0.39 is 0 Å². The Morgan fingerprint density at radius 2 is 1.94 bits per heavy atom. The predicted molar refractivity (Wildman–Crippen MR) is 72.7 cm³/mol. The number of rotatable bonds is 7. The third-order valence-electron chi connectivity index (χ3n) is 4.33. The molecule has 1 saturated carbocycles. The van der Waals surface area contributed by atoms with Crippen LogP contribution in [0.25, 0.3) is 0 Å². The van der Waals surface area contributed by atoms with E-state index in [1.807, 2.05) is 7.11 Å². The molecule has 0 aromatic rings. The van der Waals surface area contributed by atoms with E-state index in [4.69, 9.17) is 4.74 Å². The normalized spacial score (nSPS) is 26.2. The Kier molecular flexibility index (Phi) is 5.01. The molecule has 4 nitrogen and oxygen atoms in total. The molecule has 4 heteroatoms. The summed E-state index contributed by atoms with van der Waals surface area (Å²) in [4.78, 5) is 2.50. The number of aliphatic hydroxyl groups excluding tert-OH is 1. The Balaban J connectivity index is 1.69. The lowest BCUT2D eigenvalue weighted by atomic mass is 9.97. The molecule has 1 heterocycles. The Hall–Kier alpha value is -0.160. The van der Waals surface area contributed by atoms with Gasteiger partial charge in [-0.05, 0) is 45.6 Å². The summed E-state index contributed by atoms with van der Waals surface area (Å²) in [6.45, 7) is 5.71. The molecular formula is C14H28N2O2. The van der Waals surface area contributed by atoms with E-state index in [0.29, 0.717) is 12.1 Å². The van der Waals surface area contributed by atoms with Crippen LogP contribution in [0.3, 0.4) is 0 Å². The van der Waals surface area contributed by atoms with Gasteiger partial charge < -0.3 is 20.1 Å². The van der Waals surface area contributed by atoms with Crippen LogP contribution in [-0.2, 0) is 4.74 Å². The minimum atomic E-state index is -0.0979. The number of hydrogen-bond acceptors (Lipinski definition) is 4. The van der Waals surface area contributed by atoms with E-state index in [1.165, 1.54) is 12.8 Å². The summed E-state index contributed by atoms with van der Waals surface area (Å²) in [5.41, 5.74) is -0.0979. The van der Waals surface area contributed by atoms with Crippen molar-refractivity contribution in [3.8, 4) is 0 Å². The monoisotopic (exact) mass is 256 g/mol. The molecule has 0 aromatic heterocycles. The lowest BCUT2D eigenvalue weighted by Gasteiger charge is -2.35. The summed E-state index contributed by atoms with van der Waals surface area (Å²) in [5.74, 6) is 0. The van der Waals surface area contributed by atoms with Gasteiger partial charge in [-0.1, -0.05) is 0 Å². The number of aliphatic hydroxyl groups is 1. The summed E-state index contributed by atoms with van der Waals surface area (Å²) < 4.78 is 5.39. The molecule has 0 amide bonds. The van der Waals surface area contributed by atoms with Crippen LogP contribution in [0.5, 0.6) is 0 Å². The highest BCUT2D eigenvalue weighted by atomic mass is 16.5. The molecule has 1 atom stereocenters. The van der Waals surface area contributed by atoms with E-state index in [1.54, 1.807) is 0 Å². The molecule has 0 radical (unpaired) electrons. The zero-order valence-electron chi connectivity index (χ0n) is 11.8. The Bertz CT molecular complexity index is 250. The molecule has 2 N–H and O–H groups in total. The molecule has 0 spiro atoms. The zero-order valence-corrected chi connectivity index (χ0v) is 11.8. The SMILES string of the molecule is COC1CCN(CCC(C)(CO)NC2CC2)CC1. The molecule has 0 aromatic carbocycles. The van der Waals surface area contributed by atoms with E-state index in [-0.39, 0.29) is 12.1 Å². The molecule has 2 rings (SSSR count). The predicted octanol–water partition coefficient (Wildman–Crippen LogP) is 0.990. The highest BCUT2D eigenvalue weighted by molar-refractivity contribution is 4.93. The van der Waals surface area contributed by atoms with Gasteiger partial charge in [0.1, 0.15) is 0 Å². The molecule has 106 valence electrons. The van der Waals surface area contributed by atoms with E-state index in [9.17, 15) is 5.11 Å². The number of piperidine rings is 1. The maximum Gasteiger partial charge on any atom is 0.0611 e. The maximum absolute atomic E-state index is 9.57. The first-order valence-electron chi connectivity index (χ1n) is 7.29. The number of hydrogen-bond donors (Lipinski definition) is 2. The second-order valence-electron chi connectivity index (χ2n) is 6.16. The number of nitrogens with one attached hydrogen (secondary N) is 1. The Morgan fingerprint density at radius 1 is 1.28 bits per heavy atom. The van der Waals surface area contributed by atoms with Crippen LogP contribution < -0.4 is 5.32 Å². The first kappa shape index (κ1) is 14.3. The standard InChI is InChI=1S/C14H28N2O2/c1-14(11-17,15-12-3-4-12)7-10-16-8-5-13(18-2)6-9-16/h12-13,15,17H,3-11H2,1-2H3. The van der Waals surface area contributed by atoms with Crippen LogP contribution in [0.15, 0.2) is 0 Å². The zero-order chi connectivity index (χ0) is 13.0. The van der Waals surface area contributed by atoms with Crippen molar-refractivity contribution in [2.45, 2.75) is 56.7 Å². The van der Waals surface area contributed by atoms with Gasteiger partial charge in [0.15, 0.2) is 0 Å². The van der Waals surface area contributed by atoms with Crippen molar-refractivity contribution >= 4 is 0 Å². The van der Waals surface area contributed by atoms with Crippen molar-refractivity contribution in [1.29, 1.82) is 0 Å². The summed E-state index contributed by atoms with van der Waals surface area (Å²) in [5, 5.41) is 13.1. The molecule has 1 aliphatic heterocycles. The first-order valence-corrected chi connectivity index (χ1v) is 7.29. The minimum Gasteiger partial charge on any atom is -0.394 e. The summed E-state index contributed by atoms with van der Waals surface area (Å²) in [6.07, 6.45) is 6.31. The average Bonchev–Trinajstić information content (AvgIpc) is 3.21. The lowest BCUT2D eigenvalue weighted by molar-refractivity contribution is 0.0367. The van der Waals surface area contributed by atoms with Crippen molar-refractivity contribution in [1.82, 2.24) is 10.2 Å². The Morgan fingerprint density at radius 3 is 2.44 bits per heavy atom. The van der Waals surface area contributed by atoms with E-state index in [0.717, 1.165) is 38.9 Å². The van der Waals surface area contributed by atoms with Crippen molar-refractivity contribution in [2.24, 2.45) is 0 Å². The molecular weight excluding hydrogens is 228 g/mol. The highest BCUT2D eigenvalue weighted by Crippen LogP contribution is 2.24. The van der Waals surface area contributed by atoms with Crippen LogP contribution in [0.1, 0.15) is 39.0 Å². The van der Waals surface area contributed by atoms with E-state index >= 15 is 0 Å². The van der Waals surface area contributed by atoms with Gasteiger partial charge in [-0.3, -0.25) is 0 Å². The molecule has 2 fully saturated rings. The summed E-state index contributed by atoms with van der Waals surface area (Å²) in [6, 6.07) is 0.654. The summed E-state index contributed by atoms with van der Waals surface area (Å²) >= 11 is 0. The van der Waals surface area contributed by atoms with Gasteiger partial charge in [0, 0.05) is 31.8 Å². The van der Waals surface area contributed by atoms with Gasteiger partial charge in [0.25, 0.3) is 0 Å². The van der Waals surface area contributed by atoms with Crippen molar-refractivity contribution in [2.75, 3.05) is 33.4 Å². The first-order chi connectivity index (χ1) is 8.65. The van der Waals surface area contributed by atoms with Crippen LogP contribution in [0, 0.1) is 0 Å². The quantitative estimate of drug-likeness (QED) is 0.713. The largest absolute Gasteiger partial charge is 0.394 e. The van der Waals surface area contributed by atoms with Gasteiger partial charge in [0.2, 0.25) is 0 Å². The molecule has 1 aliphatic carbocycles. The Labute approximate surface area is 111 Å². The maximum atomic E-state index is 9.57. The molecule has 2 aliphatic rings. The average molecular weight is 256 g/mol. The second-order valence-corrected chi connectivity index (χ2v) is 6.16. The van der Waals surface area contributed by atoms with Crippen LogP contribution >= 0.6 is 0 Å². The lowest BCUT2D eigenvalue weighted by Crippen LogP contribution is -2.49. The van der Waals surface area contributed by atoms with Crippen LogP contribution in [0.2, 0.25) is 0 Å². The van der Waals surface area contributed by atoms with Gasteiger partial charge >= 0.3 is 0 Å². The highest BCUT2D eigenvalue weighted by Gasteiger charge is 2.32. The molecule has 0 bridgehead atoms. The fourth-order valence-electron chi connectivity index (χ4n) is 2.69. The molecule has 1 unspecified atom stereocenters. The number of nitrogens with zero attached hydrogens (tertiary/aromatic N) is 1. The molecule has 1 saturated heterocycles. The van der Waals surface area contributed by atoms with Gasteiger partial charge in [0.05, 0.1) is 12.7 Å². The van der Waals surface area contributed by atoms with Gasteiger partial charge in [-0.2, -0.15) is 0 Å². The van der Waals surface area contributed by atoms with Crippen LogP contribution in [-0.4, -0.2) is 61.0 Å². The third kappa shape index (κ3) is 4.19. The van der Waals surface area contributed by atoms with E-state index in [2.05, 4.69) is 17.1 Å². The second kappa shape index (κ2) is 6.33.